The van der Waals surface area contributed by atoms with E-state index in [-0.39, 0.29) is 12.2 Å². The van der Waals surface area contributed by atoms with Crippen LogP contribution in [0.4, 0.5) is 0 Å². The third kappa shape index (κ3) is 2.51. The average Bonchev–Trinajstić information content (AvgIpc) is 2.04. The maximum atomic E-state index is 5.51. The van der Waals surface area contributed by atoms with Crippen molar-refractivity contribution in [3.8, 4) is 12.3 Å². The molecule has 68 valence electrons. The number of ether oxygens (including phenoxy) is 2. The number of terminal acetylenes is 1. The minimum Gasteiger partial charge on any atom is -0.378 e. The van der Waals surface area contributed by atoms with E-state index in [4.69, 9.17) is 15.9 Å². The van der Waals surface area contributed by atoms with E-state index in [1.54, 1.807) is 0 Å². The highest BCUT2D eigenvalue weighted by atomic mass is 16.5. The summed E-state index contributed by atoms with van der Waals surface area (Å²) < 4.78 is 11.0. The number of hydrogen-bond acceptors (Lipinski definition) is 2. The molecule has 0 saturated carbocycles. The zero-order valence-electron chi connectivity index (χ0n) is 7.75. The largest absolute Gasteiger partial charge is 0.378 e. The van der Waals surface area contributed by atoms with Crippen LogP contribution >= 0.6 is 0 Å². The molecule has 0 aromatic carbocycles. The lowest BCUT2D eigenvalue weighted by Gasteiger charge is -2.30. The third-order valence-corrected chi connectivity index (χ3v) is 2.06. The first kappa shape index (κ1) is 9.57. The van der Waals surface area contributed by atoms with Gasteiger partial charge in [-0.15, -0.1) is 6.42 Å². The lowest BCUT2D eigenvalue weighted by atomic mass is 10.0. The molecule has 1 aliphatic heterocycles. The molecule has 0 bridgehead atoms. The molecule has 0 aromatic rings. The minimum atomic E-state index is -0.0506. The van der Waals surface area contributed by atoms with Gasteiger partial charge >= 0.3 is 0 Å². The van der Waals surface area contributed by atoms with Crippen molar-refractivity contribution in [2.75, 3.05) is 6.61 Å². The normalized spacial score (nSPS) is 35.9. The molecule has 0 amide bonds. The second-order valence-corrected chi connectivity index (χ2v) is 3.15. The Kier molecular flexibility index (Phi) is 3.58. The molecule has 2 heteroatoms. The van der Waals surface area contributed by atoms with E-state index in [2.05, 4.69) is 5.92 Å². The van der Waals surface area contributed by atoms with Gasteiger partial charge in [0.05, 0.1) is 12.2 Å². The number of rotatable bonds is 2. The molecule has 3 atom stereocenters. The summed E-state index contributed by atoms with van der Waals surface area (Å²) in [5, 5.41) is 0. The minimum absolute atomic E-state index is 0.0506. The molecule has 1 heterocycles. The molecule has 1 aliphatic rings. The molecule has 1 rings (SSSR count). The van der Waals surface area contributed by atoms with Gasteiger partial charge in [0.2, 0.25) is 0 Å². The van der Waals surface area contributed by atoms with E-state index in [1.165, 1.54) is 0 Å². The van der Waals surface area contributed by atoms with Gasteiger partial charge in [-0.3, -0.25) is 0 Å². The van der Waals surface area contributed by atoms with Crippen molar-refractivity contribution in [2.45, 2.75) is 45.0 Å². The Morgan fingerprint density at radius 1 is 1.58 bits per heavy atom. The summed E-state index contributed by atoms with van der Waals surface area (Å²) in [4.78, 5) is 0. The second kappa shape index (κ2) is 4.49. The predicted molar refractivity (Wildman–Crippen MR) is 47.8 cm³/mol. The van der Waals surface area contributed by atoms with Crippen molar-refractivity contribution in [3.05, 3.63) is 0 Å². The molecule has 12 heavy (non-hydrogen) atoms. The molecular formula is C10H16O2. The fraction of sp³-hybridized carbons (Fsp3) is 0.800. The van der Waals surface area contributed by atoms with Crippen molar-refractivity contribution >= 4 is 0 Å². The van der Waals surface area contributed by atoms with Crippen molar-refractivity contribution in [1.29, 1.82) is 0 Å². The molecule has 1 saturated heterocycles. The topological polar surface area (TPSA) is 18.5 Å². The van der Waals surface area contributed by atoms with E-state index in [1.807, 2.05) is 13.8 Å². The molecule has 0 aliphatic carbocycles. The molecule has 0 radical (unpaired) electrons. The van der Waals surface area contributed by atoms with E-state index < -0.39 is 0 Å². The Hall–Kier alpha value is -0.520. The fourth-order valence-corrected chi connectivity index (χ4v) is 1.58. The van der Waals surface area contributed by atoms with Crippen molar-refractivity contribution < 1.29 is 9.47 Å². The van der Waals surface area contributed by atoms with Crippen LogP contribution in [-0.4, -0.2) is 24.9 Å². The zero-order valence-corrected chi connectivity index (χ0v) is 7.75. The quantitative estimate of drug-likeness (QED) is 0.583. The first-order chi connectivity index (χ1) is 5.76. The van der Waals surface area contributed by atoms with Crippen LogP contribution in [0.5, 0.6) is 0 Å². The summed E-state index contributed by atoms with van der Waals surface area (Å²) in [6.07, 6.45) is 7.57. The SMILES string of the molecule is C#C[C@H]1C[C@H](OCC)C[C@H](C)O1. The van der Waals surface area contributed by atoms with Crippen molar-refractivity contribution in [3.63, 3.8) is 0 Å². The van der Waals surface area contributed by atoms with Crippen LogP contribution in [0.1, 0.15) is 26.7 Å². The summed E-state index contributed by atoms with van der Waals surface area (Å²) in [5.74, 6) is 2.62. The summed E-state index contributed by atoms with van der Waals surface area (Å²) in [5.41, 5.74) is 0. The summed E-state index contributed by atoms with van der Waals surface area (Å²) in [7, 11) is 0. The molecule has 0 N–H and O–H groups in total. The average molecular weight is 168 g/mol. The number of hydrogen-bond donors (Lipinski definition) is 0. The molecule has 2 nitrogen and oxygen atoms in total. The van der Waals surface area contributed by atoms with Gasteiger partial charge in [-0.1, -0.05) is 5.92 Å². The van der Waals surface area contributed by atoms with Gasteiger partial charge in [0.25, 0.3) is 0 Å². The van der Waals surface area contributed by atoms with Gasteiger partial charge in [-0.05, 0) is 20.3 Å². The molecule has 0 aromatic heterocycles. The summed E-state index contributed by atoms with van der Waals surface area (Å²) in [6.45, 7) is 4.80. The van der Waals surface area contributed by atoms with Crippen LogP contribution in [0.3, 0.4) is 0 Å². The Bertz CT molecular complexity index is 171. The van der Waals surface area contributed by atoms with Crippen LogP contribution in [0.2, 0.25) is 0 Å². The molecule has 0 unspecified atom stereocenters. The summed E-state index contributed by atoms with van der Waals surface area (Å²) >= 11 is 0. The fourth-order valence-electron chi connectivity index (χ4n) is 1.58. The molecule has 0 spiro atoms. The zero-order chi connectivity index (χ0) is 8.97. The maximum Gasteiger partial charge on any atom is 0.120 e. The lowest BCUT2D eigenvalue weighted by Crippen LogP contribution is -2.34. The Balaban J connectivity index is 2.41. The van der Waals surface area contributed by atoms with Crippen LogP contribution in [0.25, 0.3) is 0 Å². The highest BCUT2D eigenvalue weighted by Crippen LogP contribution is 2.21. The van der Waals surface area contributed by atoms with Crippen LogP contribution in [0.15, 0.2) is 0 Å². The predicted octanol–water partition coefficient (Wildman–Crippen LogP) is 1.59. The van der Waals surface area contributed by atoms with Gasteiger partial charge in [0.15, 0.2) is 0 Å². The van der Waals surface area contributed by atoms with E-state index >= 15 is 0 Å². The molecule has 1 fully saturated rings. The van der Waals surface area contributed by atoms with Gasteiger partial charge in [0.1, 0.15) is 6.10 Å². The van der Waals surface area contributed by atoms with Gasteiger partial charge < -0.3 is 9.47 Å². The Morgan fingerprint density at radius 3 is 2.92 bits per heavy atom. The van der Waals surface area contributed by atoms with Gasteiger partial charge in [-0.25, -0.2) is 0 Å². The van der Waals surface area contributed by atoms with Crippen LogP contribution < -0.4 is 0 Å². The van der Waals surface area contributed by atoms with E-state index in [0.29, 0.717) is 6.10 Å². The second-order valence-electron chi connectivity index (χ2n) is 3.15. The van der Waals surface area contributed by atoms with E-state index in [9.17, 15) is 0 Å². The van der Waals surface area contributed by atoms with Gasteiger partial charge in [0, 0.05) is 13.0 Å². The highest BCUT2D eigenvalue weighted by Gasteiger charge is 2.25. The van der Waals surface area contributed by atoms with Crippen molar-refractivity contribution in [2.24, 2.45) is 0 Å². The van der Waals surface area contributed by atoms with E-state index in [0.717, 1.165) is 19.4 Å². The van der Waals surface area contributed by atoms with Gasteiger partial charge in [-0.2, -0.15) is 0 Å². The smallest absolute Gasteiger partial charge is 0.120 e. The summed E-state index contributed by atoms with van der Waals surface area (Å²) in [6, 6.07) is 0. The van der Waals surface area contributed by atoms with Crippen LogP contribution in [-0.2, 0) is 9.47 Å². The maximum absolute atomic E-state index is 5.51. The Morgan fingerprint density at radius 2 is 2.33 bits per heavy atom. The Labute approximate surface area is 74.2 Å². The standard InChI is InChI=1S/C10H16O2/c1-4-9-7-10(11-5-2)6-8(3)12-9/h1,8-10H,5-7H2,2-3H3/t8-,9-,10+/m0/s1. The van der Waals surface area contributed by atoms with Crippen molar-refractivity contribution in [1.82, 2.24) is 0 Å². The third-order valence-electron chi connectivity index (χ3n) is 2.06. The van der Waals surface area contributed by atoms with Crippen LogP contribution in [0, 0.1) is 12.3 Å². The lowest BCUT2D eigenvalue weighted by molar-refractivity contribution is -0.0861. The first-order valence-corrected chi connectivity index (χ1v) is 4.49. The monoisotopic (exact) mass is 168 g/mol. The first-order valence-electron chi connectivity index (χ1n) is 4.49. The molecular weight excluding hydrogens is 152 g/mol. The highest BCUT2D eigenvalue weighted by molar-refractivity contribution is 4.98.